The van der Waals surface area contributed by atoms with E-state index in [1.54, 1.807) is 0 Å². The second-order valence-corrected chi connectivity index (χ2v) is 10.9. The van der Waals surface area contributed by atoms with Gasteiger partial charge in [0.1, 0.15) is 0 Å². The van der Waals surface area contributed by atoms with Crippen molar-refractivity contribution >= 4 is 5.71 Å². The summed E-state index contributed by atoms with van der Waals surface area (Å²) in [4.78, 5) is 0. The molecule has 5 aliphatic rings. The van der Waals surface area contributed by atoms with Gasteiger partial charge >= 0.3 is 0 Å². The molecule has 1 heterocycles. The van der Waals surface area contributed by atoms with E-state index in [4.69, 9.17) is 9.47 Å². The standard InChI is InChI=1S/C23H37NO4/c1-14(24-26)18-6-7-19-17-5-4-15-12-16(25)8-9-21(15,2)20(17)13-23(22(18,19)3)27-10-11-28-23/h15-20,25-26H,4-13H2,1-3H3/t15-,16-,17+,18-,19+,20+,21-,22+/m0/s1. The van der Waals surface area contributed by atoms with Gasteiger partial charge in [-0.2, -0.15) is 0 Å². The second kappa shape index (κ2) is 6.42. The van der Waals surface area contributed by atoms with Crippen LogP contribution in [0, 0.1) is 40.4 Å². The molecule has 0 aromatic rings. The summed E-state index contributed by atoms with van der Waals surface area (Å²) in [7, 11) is 0. The molecule has 4 aliphatic carbocycles. The molecule has 0 aromatic heterocycles. The molecule has 5 rings (SSSR count). The van der Waals surface area contributed by atoms with E-state index in [0.717, 1.165) is 37.8 Å². The molecule has 2 N–H and O–H groups in total. The predicted molar refractivity (Wildman–Crippen MR) is 106 cm³/mol. The minimum Gasteiger partial charge on any atom is -0.411 e. The molecule has 1 saturated heterocycles. The maximum atomic E-state index is 10.3. The summed E-state index contributed by atoms with van der Waals surface area (Å²) in [5.74, 6) is 2.14. The van der Waals surface area contributed by atoms with E-state index in [0.29, 0.717) is 36.9 Å². The number of ether oxygens (including phenoxy) is 2. The van der Waals surface area contributed by atoms with Crippen molar-refractivity contribution in [3.8, 4) is 0 Å². The van der Waals surface area contributed by atoms with Gasteiger partial charge in [0.2, 0.25) is 0 Å². The molecule has 5 heteroatoms. The van der Waals surface area contributed by atoms with E-state index in [9.17, 15) is 10.3 Å². The van der Waals surface area contributed by atoms with Crippen molar-refractivity contribution in [2.24, 2.45) is 45.6 Å². The molecule has 5 fully saturated rings. The Labute approximate surface area is 168 Å². The summed E-state index contributed by atoms with van der Waals surface area (Å²) >= 11 is 0. The minimum absolute atomic E-state index is 0.115. The fourth-order valence-electron chi connectivity index (χ4n) is 8.80. The zero-order valence-electron chi connectivity index (χ0n) is 17.7. The van der Waals surface area contributed by atoms with Gasteiger partial charge in [0, 0.05) is 17.8 Å². The molecule has 1 spiro atoms. The highest BCUT2D eigenvalue weighted by atomic mass is 16.7. The van der Waals surface area contributed by atoms with E-state index < -0.39 is 5.79 Å². The SMILES string of the molecule is CC(=NO)[C@@H]1CC[C@@H]2[C@H]3CC[C@H]4C[C@@H](O)CC[C@]4(C)[C@@H]3CC3(OCCO3)[C@@]21C. The molecule has 5 nitrogen and oxygen atoms in total. The number of aliphatic hydroxyl groups excluding tert-OH is 1. The van der Waals surface area contributed by atoms with E-state index in [1.165, 1.54) is 19.3 Å². The zero-order valence-corrected chi connectivity index (χ0v) is 17.7. The van der Waals surface area contributed by atoms with Crippen molar-refractivity contribution in [3.05, 3.63) is 0 Å². The Morgan fingerprint density at radius 3 is 2.46 bits per heavy atom. The van der Waals surface area contributed by atoms with Gasteiger partial charge in [-0.25, -0.2) is 0 Å². The van der Waals surface area contributed by atoms with Crippen LogP contribution in [-0.2, 0) is 9.47 Å². The lowest BCUT2D eigenvalue weighted by atomic mass is 9.43. The topological polar surface area (TPSA) is 71.3 Å². The largest absolute Gasteiger partial charge is 0.411 e. The summed E-state index contributed by atoms with van der Waals surface area (Å²) in [5.41, 5.74) is 0.991. The maximum Gasteiger partial charge on any atom is 0.174 e. The molecule has 8 atom stereocenters. The maximum absolute atomic E-state index is 10.3. The normalized spacial score (nSPS) is 52.9. The number of oxime groups is 1. The van der Waals surface area contributed by atoms with Crippen LogP contribution in [0.5, 0.6) is 0 Å². The van der Waals surface area contributed by atoms with Crippen LogP contribution >= 0.6 is 0 Å². The molecule has 0 radical (unpaired) electrons. The average Bonchev–Trinajstić information content (AvgIpc) is 3.29. The highest BCUT2D eigenvalue weighted by molar-refractivity contribution is 5.85. The van der Waals surface area contributed by atoms with Gasteiger partial charge in [-0.1, -0.05) is 19.0 Å². The average molecular weight is 392 g/mol. The molecule has 4 saturated carbocycles. The fourth-order valence-corrected chi connectivity index (χ4v) is 8.80. The minimum atomic E-state index is -0.549. The number of fused-ring (bicyclic) bond motifs is 6. The molecular formula is C23H37NO4. The summed E-state index contributed by atoms with van der Waals surface area (Å²) in [5, 5.41) is 23.5. The molecule has 1 aliphatic heterocycles. The van der Waals surface area contributed by atoms with Crippen molar-refractivity contribution in [2.45, 2.75) is 84.0 Å². The summed E-state index contributed by atoms with van der Waals surface area (Å²) in [6.07, 6.45) is 8.62. The third-order valence-electron chi connectivity index (χ3n) is 10.2. The molecule has 0 bridgehead atoms. The lowest BCUT2D eigenvalue weighted by Gasteiger charge is -2.64. The Hall–Kier alpha value is -0.650. The molecule has 0 aromatic carbocycles. The Balaban J connectivity index is 1.57. The van der Waals surface area contributed by atoms with Crippen molar-refractivity contribution in [3.63, 3.8) is 0 Å². The molecule has 158 valence electrons. The lowest BCUT2D eigenvalue weighted by molar-refractivity contribution is -0.306. The number of hydrogen-bond acceptors (Lipinski definition) is 5. The monoisotopic (exact) mass is 391 g/mol. The van der Waals surface area contributed by atoms with Crippen LogP contribution in [0.3, 0.4) is 0 Å². The first kappa shape index (κ1) is 19.3. The lowest BCUT2D eigenvalue weighted by Crippen LogP contribution is -2.65. The van der Waals surface area contributed by atoms with Crippen LogP contribution in [0.25, 0.3) is 0 Å². The Morgan fingerprint density at radius 1 is 1.00 bits per heavy atom. The fraction of sp³-hybridized carbons (Fsp3) is 0.957. The predicted octanol–water partition coefficient (Wildman–Crippen LogP) is 4.21. The number of aliphatic hydroxyl groups is 1. The molecule has 0 amide bonds. The highest BCUT2D eigenvalue weighted by Crippen LogP contribution is 2.71. The summed E-state index contributed by atoms with van der Waals surface area (Å²) < 4.78 is 13.0. The first-order valence-corrected chi connectivity index (χ1v) is 11.5. The van der Waals surface area contributed by atoms with Crippen molar-refractivity contribution < 1.29 is 19.8 Å². The Morgan fingerprint density at radius 2 is 1.75 bits per heavy atom. The van der Waals surface area contributed by atoms with Crippen molar-refractivity contribution in [1.82, 2.24) is 0 Å². The zero-order chi connectivity index (χ0) is 19.7. The van der Waals surface area contributed by atoms with Crippen LogP contribution < -0.4 is 0 Å². The van der Waals surface area contributed by atoms with E-state index in [1.807, 2.05) is 6.92 Å². The number of rotatable bonds is 1. The summed E-state index contributed by atoms with van der Waals surface area (Å²) in [6.45, 7) is 8.16. The number of nitrogens with zero attached hydrogens (tertiary/aromatic N) is 1. The Bertz CT molecular complexity index is 659. The van der Waals surface area contributed by atoms with Crippen LogP contribution in [0.1, 0.15) is 72.1 Å². The van der Waals surface area contributed by atoms with Gasteiger partial charge in [0.05, 0.1) is 25.0 Å². The smallest absolute Gasteiger partial charge is 0.174 e. The van der Waals surface area contributed by atoms with Crippen LogP contribution in [0.2, 0.25) is 0 Å². The third kappa shape index (κ3) is 2.33. The van der Waals surface area contributed by atoms with Gasteiger partial charge in [0.15, 0.2) is 5.79 Å². The van der Waals surface area contributed by atoms with Gasteiger partial charge < -0.3 is 19.8 Å². The molecule has 0 unspecified atom stereocenters. The molecular weight excluding hydrogens is 354 g/mol. The van der Waals surface area contributed by atoms with Crippen molar-refractivity contribution in [2.75, 3.05) is 13.2 Å². The first-order valence-electron chi connectivity index (χ1n) is 11.5. The van der Waals surface area contributed by atoms with Gasteiger partial charge in [-0.3, -0.25) is 0 Å². The van der Waals surface area contributed by atoms with Crippen LogP contribution in [0.4, 0.5) is 0 Å². The molecule has 28 heavy (non-hydrogen) atoms. The second-order valence-electron chi connectivity index (χ2n) is 10.9. The number of hydrogen-bond donors (Lipinski definition) is 2. The summed E-state index contributed by atoms with van der Waals surface area (Å²) in [6, 6.07) is 0. The first-order chi connectivity index (χ1) is 13.4. The highest BCUT2D eigenvalue weighted by Gasteiger charge is 2.71. The van der Waals surface area contributed by atoms with Crippen molar-refractivity contribution in [1.29, 1.82) is 0 Å². The Kier molecular flexibility index (Phi) is 4.43. The van der Waals surface area contributed by atoms with Crippen LogP contribution in [-0.4, -0.2) is 41.1 Å². The third-order valence-corrected chi connectivity index (χ3v) is 10.2. The van der Waals surface area contributed by atoms with Gasteiger partial charge in [-0.15, -0.1) is 0 Å². The van der Waals surface area contributed by atoms with Gasteiger partial charge in [-0.05, 0) is 81.0 Å². The van der Waals surface area contributed by atoms with E-state index in [-0.39, 0.29) is 22.9 Å². The van der Waals surface area contributed by atoms with E-state index >= 15 is 0 Å². The van der Waals surface area contributed by atoms with E-state index in [2.05, 4.69) is 19.0 Å². The van der Waals surface area contributed by atoms with Gasteiger partial charge in [0.25, 0.3) is 0 Å². The van der Waals surface area contributed by atoms with Crippen LogP contribution in [0.15, 0.2) is 5.16 Å². The quantitative estimate of drug-likeness (QED) is 0.399.